The molecule has 0 saturated carbocycles. The van der Waals surface area contributed by atoms with Crippen LogP contribution in [0.4, 0.5) is 0 Å². The Morgan fingerprint density at radius 1 is 1.25 bits per heavy atom. The van der Waals surface area contributed by atoms with Crippen LogP contribution in [0.1, 0.15) is 22.5 Å². The predicted octanol–water partition coefficient (Wildman–Crippen LogP) is 2.09. The van der Waals surface area contributed by atoms with Gasteiger partial charge in [0.25, 0.3) is 5.78 Å². The Hall–Kier alpha value is -2.81. The molecule has 9 heteroatoms. The number of nitrogens with one attached hydrogen (secondary N) is 1. The summed E-state index contributed by atoms with van der Waals surface area (Å²) in [5.74, 6) is 1.88. The average molecular weight is 399 g/mol. The number of aromatic nitrogens is 4. The molecule has 4 rings (SSSR count). The Kier molecular flexibility index (Phi) is 5.08. The van der Waals surface area contributed by atoms with E-state index in [1.807, 2.05) is 38.3 Å². The lowest BCUT2D eigenvalue weighted by atomic mass is 10.1. The summed E-state index contributed by atoms with van der Waals surface area (Å²) in [4.78, 5) is 21.5. The molecule has 2 aromatic heterocycles. The second-order valence-electron chi connectivity index (χ2n) is 6.47. The van der Waals surface area contributed by atoms with E-state index in [-0.39, 0.29) is 12.3 Å². The van der Waals surface area contributed by atoms with Crippen LogP contribution in [0.2, 0.25) is 0 Å². The van der Waals surface area contributed by atoms with Crippen molar-refractivity contribution < 1.29 is 14.3 Å². The van der Waals surface area contributed by atoms with Crippen LogP contribution in [-0.2, 0) is 17.8 Å². The molecule has 3 heterocycles. The van der Waals surface area contributed by atoms with E-state index in [0.717, 1.165) is 28.3 Å². The summed E-state index contributed by atoms with van der Waals surface area (Å²) in [5, 5.41) is 8.05. The zero-order valence-electron chi connectivity index (χ0n) is 16.0. The molecule has 0 aliphatic carbocycles. The molecule has 28 heavy (non-hydrogen) atoms. The molecule has 1 N–H and O–H groups in total. The third-order valence-corrected chi connectivity index (χ3v) is 5.21. The highest BCUT2D eigenvalue weighted by molar-refractivity contribution is 7.98. The maximum Gasteiger partial charge on any atom is 0.253 e. The van der Waals surface area contributed by atoms with Crippen LogP contribution in [0.15, 0.2) is 23.4 Å². The van der Waals surface area contributed by atoms with Crippen molar-refractivity contribution >= 4 is 23.4 Å². The number of nitrogens with zero attached hydrogens (tertiary/aromatic N) is 4. The van der Waals surface area contributed by atoms with Crippen molar-refractivity contribution in [1.29, 1.82) is 0 Å². The third-order valence-electron chi connectivity index (χ3n) is 4.67. The highest BCUT2D eigenvalue weighted by Gasteiger charge is 2.18. The van der Waals surface area contributed by atoms with Crippen LogP contribution < -0.4 is 14.8 Å². The SMILES string of the molecule is CSc1nc2nc(C)c(CC(=O)NCc3cccc4c3OCCO4)c(C)n2n1. The quantitative estimate of drug-likeness (QED) is 0.657. The second-order valence-corrected chi connectivity index (χ2v) is 7.24. The maximum atomic E-state index is 12.6. The third kappa shape index (κ3) is 3.49. The number of hydrogen-bond donors (Lipinski definition) is 1. The monoisotopic (exact) mass is 399 g/mol. The van der Waals surface area contributed by atoms with Crippen LogP contribution in [0.5, 0.6) is 11.5 Å². The van der Waals surface area contributed by atoms with Gasteiger partial charge in [-0.15, -0.1) is 5.10 Å². The lowest BCUT2D eigenvalue weighted by Crippen LogP contribution is -2.26. The fourth-order valence-corrected chi connectivity index (χ4v) is 3.56. The highest BCUT2D eigenvalue weighted by Crippen LogP contribution is 2.33. The van der Waals surface area contributed by atoms with E-state index >= 15 is 0 Å². The van der Waals surface area contributed by atoms with E-state index in [0.29, 0.717) is 36.4 Å². The van der Waals surface area contributed by atoms with E-state index < -0.39 is 0 Å². The fourth-order valence-electron chi connectivity index (χ4n) is 3.22. The van der Waals surface area contributed by atoms with Crippen molar-refractivity contribution in [2.45, 2.75) is 32.0 Å². The first-order chi connectivity index (χ1) is 13.6. The molecular formula is C19H21N5O3S. The van der Waals surface area contributed by atoms with Crippen molar-refractivity contribution in [2.24, 2.45) is 0 Å². The lowest BCUT2D eigenvalue weighted by molar-refractivity contribution is -0.120. The van der Waals surface area contributed by atoms with E-state index in [4.69, 9.17) is 9.47 Å². The van der Waals surface area contributed by atoms with Gasteiger partial charge < -0.3 is 14.8 Å². The Bertz CT molecular complexity index is 1050. The molecular weight excluding hydrogens is 378 g/mol. The van der Waals surface area contributed by atoms with Crippen LogP contribution >= 0.6 is 11.8 Å². The number of carbonyl (C=O) groups excluding carboxylic acids is 1. The molecule has 1 aliphatic heterocycles. The summed E-state index contributed by atoms with van der Waals surface area (Å²) < 4.78 is 13.0. The van der Waals surface area contributed by atoms with E-state index in [2.05, 4.69) is 20.4 Å². The molecule has 1 aliphatic rings. The summed E-state index contributed by atoms with van der Waals surface area (Å²) in [6.07, 6.45) is 2.14. The number of aryl methyl sites for hydroxylation is 2. The van der Waals surface area contributed by atoms with Gasteiger partial charge in [-0.3, -0.25) is 4.79 Å². The largest absolute Gasteiger partial charge is 0.486 e. The molecule has 0 saturated heterocycles. The van der Waals surface area contributed by atoms with Crippen LogP contribution in [0.3, 0.4) is 0 Å². The highest BCUT2D eigenvalue weighted by atomic mass is 32.2. The van der Waals surface area contributed by atoms with Gasteiger partial charge in [-0.05, 0) is 26.2 Å². The van der Waals surface area contributed by atoms with Crippen molar-refractivity contribution in [2.75, 3.05) is 19.5 Å². The van der Waals surface area contributed by atoms with E-state index in [9.17, 15) is 4.79 Å². The fraction of sp³-hybridized carbons (Fsp3) is 0.368. The minimum atomic E-state index is -0.0908. The van der Waals surface area contributed by atoms with E-state index in [1.54, 1.807) is 4.52 Å². The van der Waals surface area contributed by atoms with Gasteiger partial charge in [0.15, 0.2) is 11.5 Å². The number of amides is 1. The summed E-state index contributed by atoms with van der Waals surface area (Å²) in [6, 6.07) is 5.70. The summed E-state index contributed by atoms with van der Waals surface area (Å²) in [7, 11) is 0. The number of rotatable bonds is 5. The molecule has 1 aromatic carbocycles. The molecule has 3 aromatic rings. The summed E-state index contributed by atoms with van der Waals surface area (Å²) >= 11 is 1.46. The zero-order chi connectivity index (χ0) is 19.7. The second kappa shape index (κ2) is 7.67. The van der Waals surface area contributed by atoms with Crippen molar-refractivity contribution in [3.63, 3.8) is 0 Å². The van der Waals surface area contributed by atoms with Crippen molar-refractivity contribution in [3.05, 3.63) is 40.7 Å². The lowest BCUT2D eigenvalue weighted by Gasteiger charge is -2.21. The van der Waals surface area contributed by atoms with Gasteiger partial charge in [0, 0.05) is 29.1 Å². The van der Waals surface area contributed by atoms with Gasteiger partial charge in [0.2, 0.25) is 11.1 Å². The molecule has 1 amide bonds. The van der Waals surface area contributed by atoms with Crippen molar-refractivity contribution in [3.8, 4) is 11.5 Å². The maximum absolute atomic E-state index is 12.6. The summed E-state index contributed by atoms with van der Waals surface area (Å²) in [5.41, 5.74) is 3.42. The zero-order valence-corrected chi connectivity index (χ0v) is 16.8. The normalized spacial score (nSPS) is 13.0. The first kappa shape index (κ1) is 18.5. The Morgan fingerprint density at radius 2 is 2.07 bits per heavy atom. The molecule has 0 bridgehead atoms. The van der Waals surface area contributed by atoms with Crippen LogP contribution in [-0.4, -0.2) is 45.0 Å². The van der Waals surface area contributed by atoms with Gasteiger partial charge in [0.05, 0.1) is 6.42 Å². The van der Waals surface area contributed by atoms with Gasteiger partial charge in [-0.1, -0.05) is 23.9 Å². The van der Waals surface area contributed by atoms with Gasteiger partial charge in [0.1, 0.15) is 13.2 Å². The molecule has 0 atom stereocenters. The molecule has 0 unspecified atom stereocenters. The topological polar surface area (TPSA) is 90.6 Å². The average Bonchev–Trinajstić information content (AvgIpc) is 3.12. The minimum Gasteiger partial charge on any atom is -0.486 e. The number of thioether (sulfide) groups is 1. The summed E-state index contributed by atoms with van der Waals surface area (Å²) in [6.45, 7) is 5.25. The molecule has 0 fully saturated rings. The standard InChI is InChI=1S/C19H21N5O3S/c1-11-14(12(2)24-18(21-11)22-19(23-24)28-3)9-16(25)20-10-13-5-4-6-15-17(13)27-8-7-26-15/h4-6H,7-10H2,1-3H3,(H,20,25). The number of carbonyl (C=O) groups is 1. The molecule has 0 spiro atoms. The number of ether oxygens (including phenoxy) is 2. The molecule has 146 valence electrons. The predicted molar refractivity (Wildman–Crippen MR) is 105 cm³/mol. The Balaban J connectivity index is 1.50. The first-order valence-corrected chi connectivity index (χ1v) is 10.2. The van der Waals surface area contributed by atoms with Gasteiger partial charge >= 0.3 is 0 Å². The van der Waals surface area contributed by atoms with Crippen LogP contribution in [0.25, 0.3) is 5.78 Å². The van der Waals surface area contributed by atoms with Crippen molar-refractivity contribution in [1.82, 2.24) is 24.9 Å². The smallest absolute Gasteiger partial charge is 0.253 e. The Labute approximate surface area is 166 Å². The number of benzene rings is 1. The number of fused-ring (bicyclic) bond motifs is 2. The van der Waals surface area contributed by atoms with Gasteiger partial charge in [-0.2, -0.15) is 4.98 Å². The van der Waals surface area contributed by atoms with Gasteiger partial charge in [-0.25, -0.2) is 9.50 Å². The minimum absolute atomic E-state index is 0.0908. The Morgan fingerprint density at radius 3 is 2.89 bits per heavy atom. The molecule has 8 nitrogen and oxygen atoms in total. The number of para-hydroxylation sites is 1. The first-order valence-electron chi connectivity index (χ1n) is 8.98. The van der Waals surface area contributed by atoms with Crippen LogP contribution in [0, 0.1) is 13.8 Å². The number of hydrogen-bond acceptors (Lipinski definition) is 7. The van der Waals surface area contributed by atoms with E-state index in [1.165, 1.54) is 11.8 Å². The molecule has 0 radical (unpaired) electrons.